The molecule has 10 heteroatoms. The number of thioether (sulfide) groups is 1. The lowest BCUT2D eigenvalue weighted by Gasteiger charge is -2.12. The van der Waals surface area contributed by atoms with Crippen LogP contribution in [0.5, 0.6) is 5.75 Å². The molecular weight excluding hydrogens is 466 g/mol. The van der Waals surface area contributed by atoms with Gasteiger partial charge in [-0.25, -0.2) is 4.39 Å². The molecule has 1 N–H and O–H groups in total. The lowest BCUT2D eigenvalue weighted by molar-refractivity contribution is -0.127. The number of terminal acetylenes is 1. The minimum atomic E-state index is -0.635. The number of nitrogens with zero attached hydrogens (tertiary/aromatic N) is 1. The summed E-state index contributed by atoms with van der Waals surface area (Å²) in [7, 11) is 0. The second-order valence-corrected chi connectivity index (χ2v) is 7.94. The average Bonchev–Trinajstić information content (AvgIpc) is 2.96. The summed E-state index contributed by atoms with van der Waals surface area (Å²) in [6.45, 7) is -0.503. The molecular formula is C21H13Cl2FN2O4S. The molecule has 2 aromatic rings. The second kappa shape index (κ2) is 9.88. The maximum Gasteiger partial charge on any atom is 0.294 e. The van der Waals surface area contributed by atoms with E-state index in [2.05, 4.69) is 11.2 Å². The largest absolute Gasteiger partial charge is 0.478 e. The molecule has 3 rings (SSSR count). The Morgan fingerprint density at radius 2 is 1.87 bits per heavy atom. The number of benzene rings is 2. The monoisotopic (exact) mass is 478 g/mol. The number of ether oxygens (including phenoxy) is 1. The summed E-state index contributed by atoms with van der Waals surface area (Å²) in [6.07, 6.45) is 6.59. The van der Waals surface area contributed by atoms with Gasteiger partial charge in [-0.15, -0.1) is 6.42 Å². The molecule has 31 heavy (non-hydrogen) atoms. The molecule has 0 aromatic heterocycles. The van der Waals surface area contributed by atoms with Gasteiger partial charge in [0.1, 0.15) is 19.0 Å². The van der Waals surface area contributed by atoms with Crippen molar-refractivity contribution in [2.45, 2.75) is 0 Å². The SMILES string of the molecule is C#CCOc1c(Cl)cc(/C=C2\SC(=O)N(CC(=O)Nc3ccc(F)cc3)C2=O)cc1Cl. The van der Waals surface area contributed by atoms with Gasteiger partial charge >= 0.3 is 0 Å². The summed E-state index contributed by atoms with van der Waals surface area (Å²) < 4.78 is 18.2. The Morgan fingerprint density at radius 3 is 2.48 bits per heavy atom. The molecule has 0 spiro atoms. The van der Waals surface area contributed by atoms with Gasteiger partial charge in [0.25, 0.3) is 11.1 Å². The first-order chi connectivity index (χ1) is 14.8. The average molecular weight is 479 g/mol. The van der Waals surface area contributed by atoms with E-state index in [-0.39, 0.29) is 27.3 Å². The molecule has 1 aliphatic heterocycles. The van der Waals surface area contributed by atoms with E-state index in [1.807, 2.05) is 0 Å². The van der Waals surface area contributed by atoms with Crippen LogP contribution in [0, 0.1) is 18.2 Å². The van der Waals surface area contributed by atoms with E-state index in [4.69, 9.17) is 34.4 Å². The van der Waals surface area contributed by atoms with E-state index in [0.717, 1.165) is 4.90 Å². The number of rotatable bonds is 6. The predicted molar refractivity (Wildman–Crippen MR) is 118 cm³/mol. The van der Waals surface area contributed by atoms with E-state index in [9.17, 15) is 18.8 Å². The molecule has 0 saturated carbocycles. The molecule has 1 aliphatic rings. The van der Waals surface area contributed by atoms with Gasteiger partial charge < -0.3 is 10.1 Å². The zero-order valence-corrected chi connectivity index (χ0v) is 18.0. The van der Waals surface area contributed by atoms with Crippen LogP contribution in [-0.2, 0) is 9.59 Å². The van der Waals surface area contributed by atoms with Crippen LogP contribution in [0.4, 0.5) is 14.9 Å². The van der Waals surface area contributed by atoms with Gasteiger partial charge in [-0.2, -0.15) is 0 Å². The molecule has 3 amide bonds. The van der Waals surface area contributed by atoms with Crippen LogP contribution in [-0.4, -0.2) is 35.1 Å². The van der Waals surface area contributed by atoms with Gasteiger partial charge in [0, 0.05) is 5.69 Å². The molecule has 0 unspecified atom stereocenters. The molecule has 0 aliphatic carbocycles. The van der Waals surface area contributed by atoms with Crippen LogP contribution in [0.3, 0.4) is 0 Å². The zero-order chi connectivity index (χ0) is 22.5. The van der Waals surface area contributed by atoms with Gasteiger partial charge in [0.15, 0.2) is 5.75 Å². The summed E-state index contributed by atoms with van der Waals surface area (Å²) in [5.74, 6) is 0.823. The van der Waals surface area contributed by atoms with E-state index >= 15 is 0 Å². The number of carbonyl (C=O) groups is 3. The number of imide groups is 1. The maximum absolute atomic E-state index is 13.0. The number of amides is 3. The number of hydrogen-bond acceptors (Lipinski definition) is 5. The third-order valence-electron chi connectivity index (χ3n) is 3.92. The smallest absolute Gasteiger partial charge is 0.294 e. The summed E-state index contributed by atoms with van der Waals surface area (Å²) >= 11 is 13.0. The van der Waals surface area contributed by atoms with Gasteiger partial charge in [0.05, 0.1) is 15.0 Å². The minimum absolute atomic E-state index is 0.0162. The second-order valence-electron chi connectivity index (χ2n) is 6.13. The van der Waals surface area contributed by atoms with Crippen LogP contribution in [0.1, 0.15) is 5.56 Å². The standard InChI is InChI=1S/C21H13Cl2FN2O4S/c1-2-7-30-19-15(22)8-12(9-16(19)23)10-17-20(28)26(21(29)31-17)11-18(27)25-14-5-3-13(24)4-6-14/h1,3-6,8-10H,7,11H2,(H,25,27)/b17-10-. The Morgan fingerprint density at radius 1 is 1.23 bits per heavy atom. The molecule has 158 valence electrons. The topological polar surface area (TPSA) is 75.7 Å². The van der Waals surface area contributed by atoms with Crippen molar-refractivity contribution < 1.29 is 23.5 Å². The third-order valence-corrected chi connectivity index (χ3v) is 5.39. The number of hydrogen-bond donors (Lipinski definition) is 1. The van der Waals surface area contributed by atoms with Crippen LogP contribution < -0.4 is 10.1 Å². The van der Waals surface area contributed by atoms with E-state index < -0.39 is 29.4 Å². The van der Waals surface area contributed by atoms with E-state index in [1.165, 1.54) is 42.5 Å². The van der Waals surface area contributed by atoms with Crippen molar-refractivity contribution in [1.82, 2.24) is 4.90 Å². The molecule has 6 nitrogen and oxygen atoms in total. The summed E-state index contributed by atoms with van der Waals surface area (Å²) in [5, 5.41) is 2.27. The lowest BCUT2D eigenvalue weighted by Crippen LogP contribution is -2.36. The van der Waals surface area contributed by atoms with Crippen LogP contribution >= 0.6 is 35.0 Å². The fraction of sp³-hybridized carbons (Fsp3) is 0.0952. The van der Waals surface area contributed by atoms with Crippen molar-refractivity contribution in [3.8, 4) is 18.1 Å². The molecule has 0 radical (unpaired) electrons. The minimum Gasteiger partial charge on any atom is -0.478 e. The van der Waals surface area contributed by atoms with Crippen LogP contribution in [0.15, 0.2) is 41.3 Å². The highest BCUT2D eigenvalue weighted by Crippen LogP contribution is 2.37. The zero-order valence-electron chi connectivity index (χ0n) is 15.7. The highest BCUT2D eigenvalue weighted by atomic mass is 35.5. The maximum atomic E-state index is 13.0. The molecule has 0 bridgehead atoms. The number of halogens is 3. The number of carbonyl (C=O) groups excluding carboxylic acids is 3. The summed E-state index contributed by atoms with van der Waals surface area (Å²) in [6, 6.07) is 8.11. The van der Waals surface area contributed by atoms with Crippen LogP contribution in [0.2, 0.25) is 10.0 Å². The van der Waals surface area contributed by atoms with Crippen molar-refractivity contribution in [1.29, 1.82) is 0 Å². The highest BCUT2D eigenvalue weighted by Gasteiger charge is 2.36. The number of anilines is 1. The Labute approximate surface area is 191 Å². The first-order valence-corrected chi connectivity index (χ1v) is 10.2. The Balaban J connectivity index is 1.72. The fourth-order valence-electron chi connectivity index (χ4n) is 2.58. The summed E-state index contributed by atoms with van der Waals surface area (Å²) in [4.78, 5) is 37.9. The van der Waals surface area contributed by atoms with Crippen LogP contribution in [0.25, 0.3) is 6.08 Å². The fourth-order valence-corrected chi connectivity index (χ4v) is 4.03. The summed E-state index contributed by atoms with van der Waals surface area (Å²) in [5.41, 5.74) is 0.801. The van der Waals surface area contributed by atoms with Crippen molar-refractivity contribution in [2.75, 3.05) is 18.5 Å². The van der Waals surface area contributed by atoms with Crippen molar-refractivity contribution in [3.05, 3.63) is 62.7 Å². The molecule has 2 aromatic carbocycles. The highest BCUT2D eigenvalue weighted by molar-refractivity contribution is 8.18. The molecule has 1 saturated heterocycles. The third kappa shape index (κ3) is 5.58. The van der Waals surface area contributed by atoms with Crippen molar-refractivity contribution >= 4 is 63.8 Å². The molecule has 1 heterocycles. The Bertz CT molecular complexity index is 1110. The van der Waals surface area contributed by atoms with Gasteiger partial charge in [-0.05, 0) is 59.8 Å². The van der Waals surface area contributed by atoms with Gasteiger partial charge in [-0.1, -0.05) is 29.1 Å². The predicted octanol–water partition coefficient (Wildman–Crippen LogP) is 4.82. The first kappa shape index (κ1) is 22.7. The van der Waals surface area contributed by atoms with Crippen molar-refractivity contribution in [2.24, 2.45) is 0 Å². The Hall–Kier alpha value is -2.99. The lowest BCUT2D eigenvalue weighted by atomic mass is 10.2. The van der Waals surface area contributed by atoms with E-state index in [0.29, 0.717) is 23.0 Å². The first-order valence-electron chi connectivity index (χ1n) is 8.64. The Kier molecular flexibility index (Phi) is 7.23. The van der Waals surface area contributed by atoms with Crippen molar-refractivity contribution in [3.63, 3.8) is 0 Å². The van der Waals surface area contributed by atoms with E-state index in [1.54, 1.807) is 0 Å². The number of nitrogens with one attached hydrogen (secondary N) is 1. The van der Waals surface area contributed by atoms with Gasteiger partial charge in [-0.3, -0.25) is 19.3 Å². The molecule has 0 atom stereocenters. The van der Waals surface area contributed by atoms with Gasteiger partial charge in [0.2, 0.25) is 5.91 Å². The molecule has 1 fully saturated rings. The quantitative estimate of drug-likeness (QED) is 0.475. The normalized spacial score (nSPS) is 14.6.